The summed E-state index contributed by atoms with van der Waals surface area (Å²) < 4.78 is 11.4. The van der Waals surface area contributed by atoms with Gasteiger partial charge in [0.25, 0.3) is 11.8 Å². The molecule has 0 fully saturated rings. The number of nitrogens with one attached hydrogen (secondary N) is 1. The lowest BCUT2D eigenvalue weighted by Gasteiger charge is -2.33. The maximum Gasteiger partial charge on any atom is 0.340 e. The SMILES string of the molecule is CNC(=O)C1CN(C(=O)COC(=O)c2cncc(Br)c2)c2ccccc2O1. The van der Waals surface area contributed by atoms with Gasteiger partial charge in [0.2, 0.25) is 0 Å². The number of amides is 2. The molecule has 1 aliphatic rings. The molecule has 0 aliphatic carbocycles. The van der Waals surface area contributed by atoms with Gasteiger partial charge in [-0.1, -0.05) is 12.1 Å². The van der Waals surface area contributed by atoms with Crippen LogP contribution in [0, 0.1) is 0 Å². The van der Waals surface area contributed by atoms with Crippen molar-refractivity contribution < 1.29 is 23.9 Å². The highest BCUT2D eigenvalue weighted by molar-refractivity contribution is 9.10. The van der Waals surface area contributed by atoms with Gasteiger partial charge in [-0.2, -0.15) is 0 Å². The molecule has 2 aromatic rings. The van der Waals surface area contributed by atoms with E-state index in [1.54, 1.807) is 30.3 Å². The van der Waals surface area contributed by atoms with Crippen molar-refractivity contribution in [2.75, 3.05) is 25.1 Å². The average molecular weight is 434 g/mol. The summed E-state index contributed by atoms with van der Waals surface area (Å²) in [6.45, 7) is -0.453. The van der Waals surface area contributed by atoms with Crippen molar-refractivity contribution in [1.29, 1.82) is 0 Å². The number of likely N-dealkylation sites (N-methyl/N-ethyl adjacent to an activating group) is 1. The van der Waals surface area contributed by atoms with Gasteiger partial charge in [-0.3, -0.25) is 14.6 Å². The molecule has 1 aromatic carbocycles. The van der Waals surface area contributed by atoms with E-state index in [4.69, 9.17) is 9.47 Å². The number of pyridine rings is 1. The van der Waals surface area contributed by atoms with Gasteiger partial charge in [-0.25, -0.2) is 4.79 Å². The van der Waals surface area contributed by atoms with Gasteiger partial charge in [0, 0.05) is 23.9 Å². The molecule has 0 saturated heterocycles. The van der Waals surface area contributed by atoms with Crippen molar-refractivity contribution in [2.45, 2.75) is 6.10 Å². The van der Waals surface area contributed by atoms with Gasteiger partial charge in [0.05, 0.1) is 17.8 Å². The zero-order valence-electron chi connectivity index (χ0n) is 14.3. The number of anilines is 1. The molecule has 2 heterocycles. The van der Waals surface area contributed by atoms with E-state index in [2.05, 4.69) is 26.2 Å². The summed E-state index contributed by atoms with van der Waals surface area (Å²) in [5, 5.41) is 2.50. The normalized spacial score (nSPS) is 15.3. The van der Waals surface area contributed by atoms with E-state index in [1.165, 1.54) is 24.3 Å². The summed E-state index contributed by atoms with van der Waals surface area (Å²) in [7, 11) is 1.49. The first-order valence-electron chi connectivity index (χ1n) is 8.05. The van der Waals surface area contributed by atoms with Crippen LogP contribution in [0.2, 0.25) is 0 Å². The second-order valence-electron chi connectivity index (χ2n) is 5.66. The summed E-state index contributed by atoms with van der Waals surface area (Å²) >= 11 is 3.22. The number of carbonyl (C=O) groups excluding carboxylic acids is 3. The molecular formula is C18H16BrN3O5. The van der Waals surface area contributed by atoms with Crippen LogP contribution in [-0.4, -0.2) is 49.1 Å². The van der Waals surface area contributed by atoms with Crippen LogP contribution in [0.5, 0.6) is 5.75 Å². The van der Waals surface area contributed by atoms with Gasteiger partial charge in [-0.15, -0.1) is 0 Å². The lowest BCUT2D eigenvalue weighted by atomic mass is 10.1. The second-order valence-corrected chi connectivity index (χ2v) is 6.58. The first kappa shape index (κ1) is 18.8. The Hall–Kier alpha value is -2.94. The fourth-order valence-electron chi connectivity index (χ4n) is 2.58. The number of hydrogen-bond donors (Lipinski definition) is 1. The van der Waals surface area contributed by atoms with Crippen molar-refractivity contribution in [3.8, 4) is 5.75 Å². The first-order valence-corrected chi connectivity index (χ1v) is 8.84. The molecule has 0 bridgehead atoms. The van der Waals surface area contributed by atoms with Gasteiger partial charge < -0.3 is 19.7 Å². The minimum absolute atomic E-state index is 0.0194. The van der Waals surface area contributed by atoms with Gasteiger partial charge in [0.1, 0.15) is 5.75 Å². The molecule has 3 rings (SSSR count). The van der Waals surface area contributed by atoms with Gasteiger partial charge in [0.15, 0.2) is 12.7 Å². The lowest BCUT2D eigenvalue weighted by molar-refractivity contribution is -0.128. The molecule has 1 unspecified atom stereocenters. The number of benzene rings is 1. The Kier molecular flexibility index (Phi) is 5.70. The largest absolute Gasteiger partial charge is 0.477 e. The highest BCUT2D eigenvalue weighted by Crippen LogP contribution is 2.33. The first-order chi connectivity index (χ1) is 13.0. The van der Waals surface area contributed by atoms with E-state index < -0.39 is 24.6 Å². The van der Waals surface area contributed by atoms with Crippen LogP contribution in [0.3, 0.4) is 0 Å². The molecule has 1 aliphatic heterocycles. The van der Waals surface area contributed by atoms with Crippen molar-refractivity contribution in [2.24, 2.45) is 0 Å². The monoisotopic (exact) mass is 433 g/mol. The Morgan fingerprint density at radius 3 is 2.85 bits per heavy atom. The van der Waals surface area contributed by atoms with Gasteiger partial charge >= 0.3 is 5.97 Å². The Morgan fingerprint density at radius 1 is 1.33 bits per heavy atom. The number of carbonyl (C=O) groups is 3. The third kappa shape index (κ3) is 4.25. The molecule has 2 amide bonds. The van der Waals surface area contributed by atoms with Crippen molar-refractivity contribution in [1.82, 2.24) is 10.3 Å². The van der Waals surface area contributed by atoms with E-state index >= 15 is 0 Å². The molecule has 27 heavy (non-hydrogen) atoms. The molecule has 140 valence electrons. The molecule has 1 atom stereocenters. The number of esters is 1. The van der Waals surface area contributed by atoms with Crippen LogP contribution in [0.4, 0.5) is 5.69 Å². The van der Waals surface area contributed by atoms with Crippen LogP contribution >= 0.6 is 15.9 Å². The van der Waals surface area contributed by atoms with Crippen LogP contribution in [-0.2, 0) is 14.3 Å². The highest BCUT2D eigenvalue weighted by atomic mass is 79.9. The third-order valence-electron chi connectivity index (χ3n) is 3.88. The predicted molar refractivity (Wildman–Crippen MR) is 99.5 cm³/mol. The van der Waals surface area contributed by atoms with Crippen molar-refractivity contribution in [3.63, 3.8) is 0 Å². The standard InChI is InChI=1S/C18H16BrN3O5/c1-20-17(24)15-9-22(13-4-2-3-5-14(13)27-15)16(23)10-26-18(25)11-6-12(19)8-21-7-11/h2-8,15H,9-10H2,1H3,(H,20,24). The van der Waals surface area contributed by atoms with Gasteiger partial charge in [-0.05, 0) is 34.1 Å². The summed E-state index contributed by atoms with van der Waals surface area (Å²) in [6.07, 6.45) is 2.04. The highest BCUT2D eigenvalue weighted by Gasteiger charge is 2.33. The zero-order valence-corrected chi connectivity index (χ0v) is 15.9. The molecule has 0 radical (unpaired) electrons. The number of hydrogen-bond acceptors (Lipinski definition) is 6. The Morgan fingerprint density at radius 2 is 2.11 bits per heavy atom. The van der Waals surface area contributed by atoms with E-state index in [0.29, 0.717) is 15.9 Å². The summed E-state index contributed by atoms with van der Waals surface area (Å²) in [4.78, 5) is 42.0. The third-order valence-corrected chi connectivity index (χ3v) is 4.31. The smallest absolute Gasteiger partial charge is 0.340 e. The van der Waals surface area contributed by atoms with E-state index in [9.17, 15) is 14.4 Å². The molecule has 0 spiro atoms. The number of halogens is 1. The van der Waals surface area contributed by atoms with Crippen molar-refractivity contribution in [3.05, 3.63) is 52.8 Å². The van der Waals surface area contributed by atoms with E-state index in [0.717, 1.165) is 0 Å². The minimum Gasteiger partial charge on any atom is -0.477 e. The topological polar surface area (TPSA) is 97.8 Å². The number of para-hydroxylation sites is 2. The van der Waals surface area contributed by atoms with E-state index in [1.807, 2.05) is 0 Å². The van der Waals surface area contributed by atoms with Crippen LogP contribution in [0.1, 0.15) is 10.4 Å². The van der Waals surface area contributed by atoms with Crippen LogP contribution < -0.4 is 15.0 Å². The van der Waals surface area contributed by atoms with E-state index in [-0.39, 0.29) is 18.0 Å². The minimum atomic E-state index is -0.848. The predicted octanol–water partition coefficient (Wildman–Crippen LogP) is 1.54. The summed E-state index contributed by atoms with van der Waals surface area (Å²) in [5.41, 5.74) is 0.741. The summed E-state index contributed by atoms with van der Waals surface area (Å²) in [5.74, 6) is -1.06. The lowest BCUT2D eigenvalue weighted by Crippen LogP contribution is -2.51. The fourth-order valence-corrected chi connectivity index (χ4v) is 2.94. The quantitative estimate of drug-likeness (QED) is 0.734. The Bertz CT molecular complexity index is 889. The fraction of sp³-hybridized carbons (Fsp3) is 0.222. The van der Waals surface area contributed by atoms with Crippen LogP contribution in [0.25, 0.3) is 0 Å². The Balaban J connectivity index is 1.73. The molecular weight excluding hydrogens is 418 g/mol. The number of aromatic nitrogens is 1. The summed E-state index contributed by atoms with van der Waals surface area (Å²) in [6, 6.07) is 8.42. The van der Waals surface area contributed by atoms with Crippen molar-refractivity contribution >= 4 is 39.4 Å². The maximum atomic E-state index is 12.7. The average Bonchev–Trinajstić information content (AvgIpc) is 2.70. The molecule has 1 N–H and O–H groups in total. The molecule has 0 saturated carbocycles. The maximum absolute atomic E-state index is 12.7. The second kappa shape index (κ2) is 8.17. The zero-order chi connectivity index (χ0) is 19.4. The number of rotatable bonds is 4. The molecule has 9 heteroatoms. The van der Waals surface area contributed by atoms with Crippen LogP contribution in [0.15, 0.2) is 47.2 Å². The number of fused-ring (bicyclic) bond motifs is 1. The Labute approximate surface area is 163 Å². The number of nitrogens with zero attached hydrogens (tertiary/aromatic N) is 2. The molecule has 1 aromatic heterocycles. The molecule has 8 nitrogen and oxygen atoms in total. The number of ether oxygens (including phenoxy) is 2.